The molecular weight excluding hydrogens is 312 g/mol. The van der Waals surface area contributed by atoms with Crippen LogP contribution >= 0.6 is 11.6 Å². The molecule has 2 aromatic heterocycles. The van der Waals surface area contributed by atoms with Gasteiger partial charge in [0.1, 0.15) is 5.69 Å². The minimum Gasteiger partial charge on any atom is -0.329 e. The van der Waals surface area contributed by atoms with Gasteiger partial charge < -0.3 is 4.90 Å². The highest BCUT2D eigenvalue weighted by molar-refractivity contribution is 6.30. The van der Waals surface area contributed by atoms with Gasteiger partial charge >= 0.3 is 0 Å². The fourth-order valence-electron chi connectivity index (χ4n) is 3.02. The molecule has 1 N–H and O–H groups in total. The number of pyridine rings is 1. The normalized spacial score (nSPS) is 16.7. The predicted octanol–water partition coefficient (Wildman–Crippen LogP) is 3.30. The largest absolute Gasteiger partial charge is 0.329 e. The molecule has 1 aliphatic rings. The molecule has 3 heterocycles. The summed E-state index contributed by atoms with van der Waals surface area (Å²) in [5.74, 6) is -0.0680. The Morgan fingerprint density at radius 3 is 2.70 bits per heavy atom. The molecule has 1 unspecified atom stereocenters. The van der Waals surface area contributed by atoms with E-state index in [0.29, 0.717) is 10.7 Å². The van der Waals surface area contributed by atoms with Crippen molar-refractivity contribution in [3.8, 4) is 11.3 Å². The number of carbonyl (C=O) groups is 1. The lowest BCUT2D eigenvalue weighted by atomic mass is 9.97. The molecule has 1 aromatic carbocycles. The number of benzene rings is 1. The van der Waals surface area contributed by atoms with E-state index >= 15 is 0 Å². The van der Waals surface area contributed by atoms with E-state index in [4.69, 9.17) is 11.6 Å². The number of aromatic nitrogens is 3. The van der Waals surface area contributed by atoms with E-state index in [9.17, 15) is 4.79 Å². The van der Waals surface area contributed by atoms with Gasteiger partial charge in [-0.05, 0) is 23.8 Å². The molecule has 5 nitrogen and oxygen atoms in total. The fourth-order valence-corrected chi connectivity index (χ4v) is 3.15. The molecule has 1 atom stereocenters. The van der Waals surface area contributed by atoms with Crippen molar-refractivity contribution in [2.75, 3.05) is 7.05 Å². The number of carbonyl (C=O) groups excluding carboxylic acids is 1. The predicted molar refractivity (Wildman–Crippen MR) is 87.2 cm³/mol. The van der Waals surface area contributed by atoms with Gasteiger partial charge in [0.05, 0.1) is 11.7 Å². The molecule has 0 saturated heterocycles. The number of nitrogens with zero attached hydrogens (tertiary/aromatic N) is 3. The van der Waals surface area contributed by atoms with Crippen molar-refractivity contribution >= 4 is 17.5 Å². The summed E-state index contributed by atoms with van der Waals surface area (Å²) in [5.41, 5.74) is 4.06. The third-order valence-corrected chi connectivity index (χ3v) is 4.37. The van der Waals surface area contributed by atoms with Crippen molar-refractivity contribution in [1.82, 2.24) is 20.1 Å². The van der Waals surface area contributed by atoms with E-state index < -0.39 is 0 Å². The summed E-state index contributed by atoms with van der Waals surface area (Å²) in [5, 5.41) is 7.91. The van der Waals surface area contributed by atoms with E-state index in [0.717, 1.165) is 22.4 Å². The number of nitrogens with one attached hydrogen (secondary N) is 1. The minimum atomic E-state index is -0.198. The summed E-state index contributed by atoms with van der Waals surface area (Å²) < 4.78 is 0. The zero-order valence-electron chi connectivity index (χ0n) is 12.3. The van der Waals surface area contributed by atoms with E-state index in [-0.39, 0.29) is 11.9 Å². The zero-order chi connectivity index (χ0) is 16.0. The molecule has 23 heavy (non-hydrogen) atoms. The second kappa shape index (κ2) is 5.21. The van der Waals surface area contributed by atoms with Crippen LogP contribution in [-0.4, -0.2) is 33.0 Å². The maximum atomic E-state index is 12.5. The van der Waals surface area contributed by atoms with Crippen LogP contribution in [-0.2, 0) is 0 Å². The van der Waals surface area contributed by atoms with Gasteiger partial charge in [-0.1, -0.05) is 29.8 Å². The number of H-pyrrole nitrogens is 1. The lowest BCUT2D eigenvalue weighted by molar-refractivity contribution is 0.0787. The Morgan fingerprint density at radius 2 is 2.00 bits per heavy atom. The molecule has 114 valence electrons. The van der Waals surface area contributed by atoms with Gasteiger partial charge in [0.15, 0.2) is 0 Å². The summed E-state index contributed by atoms with van der Waals surface area (Å²) in [6.45, 7) is 0. The number of rotatable bonds is 2. The van der Waals surface area contributed by atoms with Crippen molar-refractivity contribution in [2.45, 2.75) is 6.04 Å². The van der Waals surface area contributed by atoms with Crippen LogP contribution in [0.15, 0.2) is 48.8 Å². The summed E-state index contributed by atoms with van der Waals surface area (Å²) >= 11 is 5.96. The first kappa shape index (κ1) is 14.0. The van der Waals surface area contributed by atoms with Crippen LogP contribution in [0.2, 0.25) is 5.02 Å². The van der Waals surface area contributed by atoms with Crippen molar-refractivity contribution in [2.24, 2.45) is 0 Å². The van der Waals surface area contributed by atoms with Gasteiger partial charge in [-0.15, -0.1) is 0 Å². The van der Waals surface area contributed by atoms with Gasteiger partial charge in [-0.3, -0.25) is 14.9 Å². The SMILES string of the molecule is CN1C(=O)c2[nH]nc(-c3ccc(Cl)cc3)c2C1c1cccnc1. The average molecular weight is 325 g/mol. The summed E-state index contributed by atoms with van der Waals surface area (Å²) in [7, 11) is 1.79. The van der Waals surface area contributed by atoms with Crippen LogP contribution in [0, 0.1) is 0 Å². The van der Waals surface area contributed by atoms with Crippen LogP contribution in [0.5, 0.6) is 0 Å². The topological polar surface area (TPSA) is 61.9 Å². The number of halogens is 1. The Labute approximate surface area is 137 Å². The molecule has 1 aliphatic heterocycles. The summed E-state index contributed by atoms with van der Waals surface area (Å²) in [4.78, 5) is 18.4. The van der Waals surface area contributed by atoms with Gasteiger partial charge in [0.2, 0.25) is 0 Å². The van der Waals surface area contributed by atoms with Gasteiger partial charge in [-0.2, -0.15) is 5.10 Å². The van der Waals surface area contributed by atoms with Crippen LogP contribution in [0.1, 0.15) is 27.7 Å². The number of fused-ring (bicyclic) bond motifs is 1. The first-order valence-corrected chi connectivity index (χ1v) is 7.56. The van der Waals surface area contributed by atoms with Crippen LogP contribution in [0.3, 0.4) is 0 Å². The molecule has 0 spiro atoms. The second-order valence-electron chi connectivity index (χ2n) is 5.47. The second-order valence-corrected chi connectivity index (χ2v) is 5.91. The molecule has 0 aliphatic carbocycles. The quantitative estimate of drug-likeness (QED) is 0.786. The molecule has 0 radical (unpaired) electrons. The van der Waals surface area contributed by atoms with Crippen molar-refractivity contribution in [1.29, 1.82) is 0 Å². The van der Waals surface area contributed by atoms with Crippen LogP contribution < -0.4 is 0 Å². The van der Waals surface area contributed by atoms with E-state index in [1.165, 1.54) is 0 Å². The Hall–Kier alpha value is -2.66. The monoisotopic (exact) mass is 324 g/mol. The Morgan fingerprint density at radius 1 is 1.22 bits per heavy atom. The average Bonchev–Trinajstić information content (AvgIpc) is 3.10. The fraction of sp³-hybridized carbons (Fsp3) is 0.118. The van der Waals surface area contributed by atoms with Crippen molar-refractivity contribution in [3.05, 3.63) is 70.6 Å². The third-order valence-electron chi connectivity index (χ3n) is 4.12. The molecule has 0 saturated carbocycles. The van der Waals surface area contributed by atoms with Gasteiger partial charge in [-0.25, -0.2) is 0 Å². The van der Waals surface area contributed by atoms with Crippen molar-refractivity contribution < 1.29 is 4.79 Å². The summed E-state index contributed by atoms with van der Waals surface area (Å²) in [6, 6.07) is 11.1. The first-order chi connectivity index (χ1) is 11.2. The van der Waals surface area contributed by atoms with Crippen LogP contribution in [0.4, 0.5) is 0 Å². The van der Waals surface area contributed by atoms with E-state index in [1.54, 1.807) is 24.3 Å². The molecule has 4 rings (SSSR count). The molecule has 3 aromatic rings. The van der Waals surface area contributed by atoms with Crippen molar-refractivity contribution in [3.63, 3.8) is 0 Å². The van der Waals surface area contributed by atoms with Gasteiger partial charge in [0.25, 0.3) is 5.91 Å². The molecule has 6 heteroatoms. The minimum absolute atomic E-state index is 0.0680. The Kier molecular flexibility index (Phi) is 3.16. The lowest BCUT2D eigenvalue weighted by Crippen LogP contribution is -2.24. The maximum Gasteiger partial charge on any atom is 0.272 e. The Balaban J connectivity index is 1.90. The van der Waals surface area contributed by atoms with Gasteiger partial charge in [0, 0.05) is 35.6 Å². The maximum absolute atomic E-state index is 12.5. The highest BCUT2D eigenvalue weighted by Crippen LogP contribution is 2.41. The number of amides is 1. The summed E-state index contributed by atoms with van der Waals surface area (Å²) in [6.07, 6.45) is 3.50. The molecule has 0 fully saturated rings. The highest BCUT2D eigenvalue weighted by atomic mass is 35.5. The standard InChI is InChI=1S/C17H13ClN4O/c1-22-16(11-3-2-8-19-9-11)13-14(20-21-15(13)17(22)23)10-4-6-12(18)7-5-10/h2-9,16H,1H3,(H,20,21). The third kappa shape index (κ3) is 2.12. The molecular formula is C17H13ClN4O. The van der Waals surface area contributed by atoms with E-state index in [2.05, 4.69) is 15.2 Å². The smallest absolute Gasteiger partial charge is 0.272 e. The Bertz CT molecular complexity index is 873. The lowest BCUT2D eigenvalue weighted by Gasteiger charge is -2.21. The molecule has 1 amide bonds. The zero-order valence-corrected chi connectivity index (χ0v) is 13.1. The number of hydrogen-bond donors (Lipinski definition) is 1. The van der Waals surface area contributed by atoms with Crippen LogP contribution in [0.25, 0.3) is 11.3 Å². The van der Waals surface area contributed by atoms with E-state index in [1.807, 2.05) is 36.4 Å². The first-order valence-electron chi connectivity index (χ1n) is 7.18. The number of hydrogen-bond acceptors (Lipinski definition) is 3. The number of aromatic amines is 1. The molecule has 0 bridgehead atoms. The highest BCUT2D eigenvalue weighted by Gasteiger charge is 2.40.